The number of nitrogens with one attached hydrogen (secondary N) is 1. The third kappa shape index (κ3) is 4.53. The normalized spacial score (nSPS) is 19.4. The Balaban J connectivity index is 1.93. The van der Waals surface area contributed by atoms with Gasteiger partial charge in [0.1, 0.15) is 23.1 Å². The lowest BCUT2D eigenvalue weighted by atomic mass is 9.87. The van der Waals surface area contributed by atoms with Gasteiger partial charge in [0.2, 0.25) is 0 Å². The predicted octanol–water partition coefficient (Wildman–Crippen LogP) is 5.77. The van der Waals surface area contributed by atoms with Gasteiger partial charge in [-0.25, -0.2) is 22.4 Å². The summed E-state index contributed by atoms with van der Waals surface area (Å²) in [5.41, 5.74) is -0.0592. The molecule has 0 amide bonds. The number of carboxylic acid groups (broad SMARTS) is 1. The maximum Gasteiger partial charge on any atom is 0.328 e. The molecule has 1 aliphatic rings. The van der Waals surface area contributed by atoms with Crippen LogP contribution in [0.1, 0.15) is 49.2 Å². The lowest BCUT2D eigenvalue weighted by Crippen LogP contribution is -2.48. The molecule has 2 heterocycles. The van der Waals surface area contributed by atoms with Gasteiger partial charge < -0.3 is 10.1 Å². The van der Waals surface area contributed by atoms with Gasteiger partial charge in [-0.1, -0.05) is 0 Å². The molecule has 2 aromatic carbocycles. The standard InChI is InChI=1S/C25H24F4N2O2/c1-13-8-17-16-6-5-15(26)11-20(16)30-23(17)24(31(13)12-25(2,3)29)22-18(27)9-14(10-19(22)28)4-7-21(32)33/h4-7,9-11,13,24,30H,8,12H2,1-3H3,(H,32,33)/b7-4+. The molecule has 0 fully saturated rings. The Kier molecular flexibility index (Phi) is 5.82. The highest BCUT2D eigenvalue weighted by Crippen LogP contribution is 2.43. The quantitative estimate of drug-likeness (QED) is 0.376. The van der Waals surface area contributed by atoms with Crippen LogP contribution in [0.5, 0.6) is 0 Å². The molecule has 0 saturated heterocycles. The molecule has 4 rings (SSSR count). The van der Waals surface area contributed by atoms with Crippen molar-refractivity contribution in [2.45, 2.75) is 44.9 Å². The summed E-state index contributed by atoms with van der Waals surface area (Å²) in [6.45, 7) is 4.59. The molecule has 3 aromatic rings. The molecular formula is C25H24F4N2O2. The number of rotatable bonds is 5. The number of halogens is 4. The largest absolute Gasteiger partial charge is 0.478 e. The number of carbonyl (C=O) groups is 1. The van der Waals surface area contributed by atoms with E-state index in [0.29, 0.717) is 17.6 Å². The molecule has 33 heavy (non-hydrogen) atoms. The zero-order valence-electron chi connectivity index (χ0n) is 18.4. The van der Waals surface area contributed by atoms with Gasteiger partial charge in [0.15, 0.2) is 0 Å². The van der Waals surface area contributed by atoms with Gasteiger partial charge in [-0.3, -0.25) is 4.90 Å². The molecule has 1 aliphatic heterocycles. The van der Waals surface area contributed by atoms with Gasteiger partial charge in [0.25, 0.3) is 0 Å². The Morgan fingerprint density at radius 3 is 2.48 bits per heavy atom. The van der Waals surface area contributed by atoms with Crippen molar-refractivity contribution >= 4 is 22.9 Å². The molecule has 1 aromatic heterocycles. The first-order chi connectivity index (χ1) is 15.4. The Bertz CT molecular complexity index is 1240. The highest BCUT2D eigenvalue weighted by molar-refractivity contribution is 5.86. The maximum absolute atomic E-state index is 15.4. The fourth-order valence-corrected chi connectivity index (χ4v) is 4.66. The molecule has 2 atom stereocenters. The number of carboxylic acids is 1. The van der Waals surface area contributed by atoms with Crippen LogP contribution >= 0.6 is 0 Å². The van der Waals surface area contributed by atoms with E-state index in [4.69, 9.17) is 5.11 Å². The predicted molar refractivity (Wildman–Crippen MR) is 118 cm³/mol. The van der Waals surface area contributed by atoms with Crippen molar-refractivity contribution in [2.75, 3.05) is 6.54 Å². The highest BCUT2D eigenvalue weighted by atomic mass is 19.1. The number of aromatic nitrogens is 1. The maximum atomic E-state index is 15.4. The van der Waals surface area contributed by atoms with E-state index in [0.717, 1.165) is 35.2 Å². The number of H-pyrrole nitrogens is 1. The number of nitrogens with zero attached hydrogens (tertiary/aromatic N) is 1. The van der Waals surface area contributed by atoms with Gasteiger partial charge in [0, 0.05) is 40.8 Å². The van der Waals surface area contributed by atoms with Crippen molar-refractivity contribution in [1.82, 2.24) is 9.88 Å². The van der Waals surface area contributed by atoms with Crippen LogP contribution in [0.4, 0.5) is 17.6 Å². The zero-order valence-corrected chi connectivity index (χ0v) is 18.4. The molecule has 0 spiro atoms. The van der Waals surface area contributed by atoms with Crippen LogP contribution in [0.2, 0.25) is 0 Å². The first kappa shape index (κ1) is 23.0. The van der Waals surface area contributed by atoms with Crippen molar-refractivity contribution in [3.8, 4) is 0 Å². The number of aromatic amines is 1. The van der Waals surface area contributed by atoms with Crippen LogP contribution in [-0.2, 0) is 11.2 Å². The topological polar surface area (TPSA) is 56.3 Å². The Morgan fingerprint density at radius 1 is 1.21 bits per heavy atom. The molecule has 174 valence electrons. The van der Waals surface area contributed by atoms with Crippen molar-refractivity contribution < 1.29 is 27.5 Å². The zero-order chi connectivity index (χ0) is 24.1. The van der Waals surface area contributed by atoms with Crippen LogP contribution in [0.15, 0.2) is 36.4 Å². The lowest BCUT2D eigenvalue weighted by molar-refractivity contribution is -0.131. The van der Waals surface area contributed by atoms with Crippen LogP contribution in [-0.4, -0.2) is 39.2 Å². The number of benzene rings is 2. The van der Waals surface area contributed by atoms with Gasteiger partial charge in [-0.2, -0.15) is 0 Å². The van der Waals surface area contributed by atoms with E-state index >= 15 is 8.78 Å². The number of hydrogen-bond donors (Lipinski definition) is 2. The first-order valence-corrected chi connectivity index (χ1v) is 10.6. The van der Waals surface area contributed by atoms with Crippen molar-refractivity contribution in [3.05, 3.63) is 76.2 Å². The summed E-state index contributed by atoms with van der Waals surface area (Å²) in [6.07, 6.45) is 2.39. The van der Waals surface area contributed by atoms with E-state index in [9.17, 15) is 13.6 Å². The van der Waals surface area contributed by atoms with Gasteiger partial charge in [-0.05, 0) is 74.7 Å². The highest BCUT2D eigenvalue weighted by Gasteiger charge is 2.40. The van der Waals surface area contributed by atoms with E-state index in [1.54, 1.807) is 11.0 Å². The summed E-state index contributed by atoms with van der Waals surface area (Å²) in [6, 6.07) is 5.16. The van der Waals surface area contributed by atoms with E-state index in [2.05, 4.69) is 4.98 Å². The number of alkyl halides is 1. The second-order valence-electron chi connectivity index (χ2n) is 9.12. The molecular weight excluding hydrogens is 436 g/mol. The second-order valence-corrected chi connectivity index (χ2v) is 9.12. The average Bonchev–Trinajstić information content (AvgIpc) is 3.04. The average molecular weight is 460 g/mol. The summed E-state index contributed by atoms with van der Waals surface area (Å²) >= 11 is 0. The molecule has 2 N–H and O–H groups in total. The van der Waals surface area contributed by atoms with Gasteiger partial charge >= 0.3 is 5.97 Å². The SMILES string of the molecule is CC1Cc2c([nH]c3cc(F)ccc23)C(c2c(F)cc(/C=C/C(=O)O)cc2F)N1CC(C)(C)F. The smallest absolute Gasteiger partial charge is 0.328 e. The minimum absolute atomic E-state index is 0.0521. The molecule has 8 heteroatoms. The minimum Gasteiger partial charge on any atom is -0.478 e. The molecule has 4 nitrogen and oxygen atoms in total. The van der Waals surface area contributed by atoms with E-state index in [1.165, 1.54) is 26.0 Å². The van der Waals surface area contributed by atoms with E-state index < -0.39 is 35.1 Å². The Labute approximate surface area is 188 Å². The minimum atomic E-state index is -1.64. The lowest BCUT2D eigenvalue weighted by Gasteiger charge is -2.43. The van der Waals surface area contributed by atoms with Crippen LogP contribution in [0.25, 0.3) is 17.0 Å². The van der Waals surface area contributed by atoms with Crippen LogP contribution in [0, 0.1) is 17.5 Å². The Hall–Kier alpha value is -3.13. The third-order valence-electron chi connectivity index (χ3n) is 5.92. The fourth-order valence-electron chi connectivity index (χ4n) is 4.66. The van der Waals surface area contributed by atoms with Crippen molar-refractivity contribution in [1.29, 1.82) is 0 Å². The summed E-state index contributed by atoms with van der Waals surface area (Å²) in [7, 11) is 0. The van der Waals surface area contributed by atoms with Crippen LogP contribution in [0.3, 0.4) is 0 Å². The number of fused-ring (bicyclic) bond motifs is 3. The van der Waals surface area contributed by atoms with Crippen molar-refractivity contribution in [3.63, 3.8) is 0 Å². The third-order valence-corrected chi connectivity index (χ3v) is 5.92. The number of aliphatic carboxylic acids is 1. The van der Waals surface area contributed by atoms with Crippen LogP contribution < -0.4 is 0 Å². The molecule has 0 aliphatic carbocycles. The Morgan fingerprint density at radius 2 is 1.88 bits per heavy atom. The molecule has 0 saturated carbocycles. The molecule has 0 bridgehead atoms. The first-order valence-electron chi connectivity index (χ1n) is 10.6. The summed E-state index contributed by atoms with van der Waals surface area (Å²) in [5, 5.41) is 9.55. The monoisotopic (exact) mass is 460 g/mol. The summed E-state index contributed by atoms with van der Waals surface area (Å²) in [5.74, 6) is -3.44. The van der Waals surface area contributed by atoms with Gasteiger partial charge in [0.05, 0.1) is 6.04 Å². The fraction of sp³-hybridized carbons (Fsp3) is 0.320. The number of hydrogen-bond acceptors (Lipinski definition) is 2. The summed E-state index contributed by atoms with van der Waals surface area (Å²) < 4.78 is 59.3. The second kappa shape index (κ2) is 8.33. The van der Waals surface area contributed by atoms with Crippen molar-refractivity contribution in [2.24, 2.45) is 0 Å². The molecule has 2 unspecified atom stereocenters. The van der Waals surface area contributed by atoms with Gasteiger partial charge in [-0.15, -0.1) is 0 Å². The molecule has 0 radical (unpaired) electrons. The van der Waals surface area contributed by atoms with E-state index in [1.807, 2.05) is 6.92 Å². The summed E-state index contributed by atoms with van der Waals surface area (Å²) in [4.78, 5) is 15.6. The van der Waals surface area contributed by atoms with E-state index in [-0.39, 0.29) is 23.7 Å².